The van der Waals surface area contributed by atoms with E-state index in [0.29, 0.717) is 22.4 Å². The van der Waals surface area contributed by atoms with Crippen molar-refractivity contribution in [2.75, 3.05) is 7.11 Å². The molecule has 5 nitrogen and oxygen atoms in total. The highest BCUT2D eigenvalue weighted by Crippen LogP contribution is 2.40. The van der Waals surface area contributed by atoms with E-state index in [0.717, 1.165) is 0 Å². The molecule has 20 heavy (non-hydrogen) atoms. The minimum Gasteiger partial charge on any atom is -0.496 e. The largest absolute Gasteiger partial charge is 0.496 e. The summed E-state index contributed by atoms with van der Waals surface area (Å²) in [5.74, 6) is 0.543. The first-order chi connectivity index (χ1) is 9.52. The Balaban J connectivity index is 2.42. The van der Waals surface area contributed by atoms with Crippen LogP contribution < -0.4 is 15.1 Å². The van der Waals surface area contributed by atoms with Crippen LogP contribution in [0.25, 0.3) is 11.0 Å². The van der Waals surface area contributed by atoms with Gasteiger partial charge in [-0.2, -0.15) is 0 Å². The third kappa shape index (κ3) is 1.70. The van der Waals surface area contributed by atoms with Gasteiger partial charge in [0.1, 0.15) is 23.2 Å². The van der Waals surface area contributed by atoms with Crippen LogP contribution in [0.15, 0.2) is 27.4 Å². The van der Waals surface area contributed by atoms with Crippen LogP contribution >= 0.6 is 0 Å². The van der Waals surface area contributed by atoms with Crippen molar-refractivity contribution in [3.63, 3.8) is 0 Å². The maximum absolute atomic E-state index is 12.5. The number of ketones is 1. The third-order valence-electron chi connectivity index (χ3n) is 3.73. The molecule has 2 atom stereocenters. The SMILES string of the molecule is COc1cc2c(c3oc(=O)ccc13)C(=O)C(C)[C@@H](C)O2. The second kappa shape index (κ2) is 4.37. The Hall–Kier alpha value is -2.30. The van der Waals surface area contributed by atoms with E-state index in [1.807, 2.05) is 6.92 Å². The zero-order valence-electron chi connectivity index (χ0n) is 11.4. The Morgan fingerprint density at radius 2 is 1.95 bits per heavy atom. The molecule has 0 spiro atoms. The number of ether oxygens (including phenoxy) is 2. The normalized spacial score (nSPS) is 21.4. The summed E-state index contributed by atoms with van der Waals surface area (Å²) in [5.41, 5.74) is 0.0479. The molecule has 0 saturated heterocycles. The van der Waals surface area contributed by atoms with Crippen molar-refractivity contribution in [2.24, 2.45) is 5.92 Å². The van der Waals surface area contributed by atoms with E-state index < -0.39 is 5.63 Å². The lowest BCUT2D eigenvalue weighted by Crippen LogP contribution is -2.33. The lowest BCUT2D eigenvalue weighted by atomic mass is 9.90. The van der Waals surface area contributed by atoms with Crippen LogP contribution in [0.5, 0.6) is 11.5 Å². The highest BCUT2D eigenvalue weighted by atomic mass is 16.5. The maximum atomic E-state index is 12.5. The van der Waals surface area contributed by atoms with Crippen molar-refractivity contribution in [3.05, 3.63) is 34.2 Å². The van der Waals surface area contributed by atoms with Gasteiger partial charge in [0.15, 0.2) is 11.4 Å². The standard InChI is InChI=1S/C15H14O5/c1-7-8(2)19-11-6-10(18-3)9-4-5-12(16)20-15(9)13(11)14(7)17/h4-8H,1-3H3/t7?,8-/m1/s1. The molecule has 3 rings (SSSR count). The molecular formula is C15H14O5. The number of carbonyl (C=O) groups is 1. The number of rotatable bonds is 1. The molecule has 1 unspecified atom stereocenters. The second-order valence-corrected chi connectivity index (χ2v) is 4.93. The first-order valence-electron chi connectivity index (χ1n) is 6.38. The average molecular weight is 274 g/mol. The fourth-order valence-electron chi connectivity index (χ4n) is 2.42. The Bertz CT molecular complexity index is 759. The molecule has 0 N–H and O–H groups in total. The van der Waals surface area contributed by atoms with Gasteiger partial charge in [-0.15, -0.1) is 0 Å². The van der Waals surface area contributed by atoms with Crippen LogP contribution in [0, 0.1) is 5.92 Å². The van der Waals surface area contributed by atoms with Gasteiger partial charge in [-0.05, 0) is 13.0 Å². The molecular weight excluding hydrogens is 260 g/mol. The van der Waals surface area contributed by atoms with Gasteiger partial charge < -0.3 is 13.9 Å². The van der Waals surface area contributed by atoms with Crippen LogP contribution in [0.4, 0.5) is 0 Å². The molecule has 0 amide bonds. The van der Waals surface area contributed by atoms with Crippen LogP contribution in [-0.4, -0.2) is 19.0 Å². The molecule has 0 aliphatic carbocycles. The fraction of sp³-hybridized carbons (Fsp3) is 0.333. The highest BCUT2D eigenvalue weighted by molar-refractivity contribution is 6.11. The van der Waals surface area contributed by atoms with Gasteiger partial charge in [0, 0.05) is 12.1 Å². The lowest BCUT2D eigenvalue weighted by molar-refractivity contribution is 0.0731. The van der Waals surface area contributed by atoms with E-state index in [-0.39, 0.29) is 23.4 Å². The van der Waals surface area contributed by atoms with E-state index in [1.54, 1.807) is 19.1 Å². The zero-order chi connectivity index (χ0) is 14.4. The summed E-state index contributed by atoms with van der Waals surface area (Å²) < 4.78 is 16.2. The van der Waals surface area contributed by atoms with Gasteiger partial charge in [0.05, 0.1) is 18.4 Å². The first-order valence-corrected chi connectivity index (χ1v) is 6.38. The summed E-state index contributed by atoms with van der Waals surface area (Å²) in [6.45, 7) is 3.64. The molecule has 104 valence electrons. The number of benzene rings is 1. The van der Waals surface area contributed by atoms with E-state index in [1.165, 1.54) is 13.2 Å². The summed E-state index contributed by atoms with van der Waals surface area (Å²) in [5, 5.41) is 0.588. The maximum Gasteiger partial charge on any atom is 0.336 e. The fourth-order valence-corrected chi connectivity index (χ4v) is 2.42. The smallest absolute Gasteiger partial charge is 0.336 e. The predicted octanol–water partition coefficient (Wildman–Crippen LogP) is 2.40. The van der Waals surface area contributed by atoms with E-state index in [4.69, 9.17) is 13.9 Å². The second-order valence-electron chi connectivity index (χ2n) is 4.93. The first kappa shape index (κ1) is 12.7. The van der Waals surface area contributed by atoms with Gasteiger partial charge in [-0.1, -0.05) is 6.92 Å². The van der Waals surface area contributed by atoms with Crippen molar-refractivity contribution in [1.82, 2.24) is 0 Å². The molecule has 1 aromatic heterocycles. The molecule has 0 radical (unpaired) electrons. The van der Waals surface area contributed by atoms with E-state index in [2.05, 4.69) is 0 Å². The quantitative estimate of drug-likeness (QED) is 0.747. The molecule has 1 aliphatic rings. The number of Topliss-reactive ketones (excluding diaryl/α,β-unsaturated/α-hetero) is 1. The van der Waals surface area contributed by atoms with Gasteiger partial charge >= 0.3 is 5.63 Å². The molecule has 0 fully saturated rings. The van der Waals surface area contributed by atoms with E-state index in [9.17, 15) is 9.59 Å². The molecule has 5 heteroatoms. The summed E-state index contributed by atoms with van der Waals surface area (Å²) >= 11 is 0. The van der Waals surface area contributed by atoms with Crippen LogP contribution in [0.2, 0.25) is 0 Å². The van der Waals surface area contributed by atoms with Gasteiger partial charge in [-0.3, -0.25) is 4.79 Å². The topological polar surface area (TPSA) is 65.7 Å². The minimum atomic E-state index is -0.507. The predicted molar refractivity (Wildman–Crippen MR) is 72.6 cm³/mol. The minimum absolute atomic E-state index is 0.0826. The van der Waals surface area contributed by atoms with Crippen molar-refractivity contribution in [2.45, 2.75) is 20.0 Å². The van der Waals surface area contributed by atoms with Crippen LogP contribution in [0.3, 0.4) is 0 Å². The number of carbonyl (C=O) groups excluding carboxylic acids is 1. The van der Waals surface area contributed by atoms with Gasteiger partial charge in [0.25, 0.3) is 0 Å². The summed E-state index contributed by atoms with van der Waals surface area (Å²) in [6, 6.07) is 4.56. The molecule has 0 bridgehead atoms. The summed E-state index contributed by atoms with van der Waals surface area (Å²) in [6.07, 6.45) is -0.229. The van der Waals surface area contributed by atoms with Gasteiger partial charge in [-0.25, -0.2) is 4.79 Å². The highest BCUT2D eigenvalue weighted by Gasteiger charge is 2.34. The van der Waals surface area contributed by atoms with Crippen molar-refractivity contribution >= 4 is 16.8 Å². The number of fused-ring (bicyclic) bond motifs is 3. The Kier molecular flexibility index (Phi) is 2.78. The van der Waals surface area contributed by atoms with Crippen molar-refractivity contribution in [1.29, 1.82) is 0 Å². The molecule has 2 aromatic rings. The van der Waals surface area contributed by atoms with Crippen LogP contribution in [-0.2, 0) is 0 Å². The Labute approximate surface area is 115 Å². The van der Waals surface area contributed by atoms with Crippen molar-refractivity contribution in [3.8, 4) is 11.5 Å². The lowest BCUT2D eigenvalue weighted by Gasteiger charge is -2.28. The zero-order valence-corrected chi connectivity index (χ0v) is 11.4. The summed E-state index contributed by atoms with van der Waals surface area (Å²) in [4.78, 5) is 23.9. The Morgan fingerprint density at radius 3 is 2.65 bits per heavy atom. The number of hydrogen-bond donors (Lipinski definition) is 0. The van der Waals surface area contributed by atoms with Crippen molar-refractivity contribution < 1.29 is 18.7 Å². The van der Waals surface area contributed by atoms with Crippen LogP contribution in [0.1, 0.15) is 24.2 Å². The summed E-state index contributed by atoms with van der Waals surface area (Å²) in [7, 11) is 1.52. The molecule has 1 aliphatic heterocycles. The number of hydrogen-bond acceptors (Lipinski definition) is 5. The average Bonchev–Trinajstić information content (AvgIpc) is 2.43. The Morgan fingerprint density at radius 1 is 1.20 bits per heavy atom. The molecule has 2 heterocycles. The molecule has 1 aromatic carbocycles. The molecule has 0 saturated carbocycles. The number of methoxy groups -OCH3 is 1. The monoisotopic (exact) mass is 274 g/mol. The van der Waals surface area contributed by atoms with E-state index >= 15 is 0 Å². The third-order valence-corrected chi connectivity index (χ3v) is 3.73. The van der Waals surface area contributed by atoms with Gasteiger partial charge in [0.2, 0.25) is 0 Å².